The lowest BCUT2D eigenvalue weighted by atomic mass is 9.78. The van der Waals surface area contributed by atoms with Crippen molar-refractivity contribution >= 4 is 0 Å². The average molecular weight is 270 g/mol. The Labute approximate surface area is 120 Å². The molecule has 0 saturated carbocycles. The molecule has 1 aromatic carbocycles. The maximum absolute atomic E-state index is 10.9. The largest absolute Gasteiger partial charge is 0.389 e. The number of fused-ring (bicyclic) bond motifs is 1. The van der Waals surface area contributed by atoms with Crippen LogP contribution >= 0.6 is 0 Å². The predicted molar refractivity (Wildman–Crippen MR) is 79.7 cm³/mol. The number of aryl methyl sites for hydroxylation is 1. The highest BCUT2D eigenvalue weighted by molar-refractivity contribution is 5.32. The first kappa shape index (κ1) is 13.4. The van der Waals surface area contributed by atoms with E-state index in [2.05, 4.69) is 43.2 Å². The van der Waals surface area contributed by atoms with Crippen LogP contribution in [0, 0.1) is 0 Å². The van der Waals surface area contributed by atoms with E-state index < -0.39 is 5.60 Å². The first-order chi connectivity index (χ1) is 9.56. The van der Waals surface area contributed by atoms with Crippen LogP contribution in [-0.4, -0.2) is 20.5 Å². The Morgan fingerprint density at radius 2 is 2.00 bits per heavy atom. The SMILES string of the molecule is CC(C)n1ccc(CC2(O)CCc3ccccc3C2)n1. The van der Waals surface area contributed by atoms with E-state index in [1.165, 1.54) is 11.1 Å². The fraction of sp³-hybridized carbons (Fsp3) is 0.471. The van der Waals surface area contributed by atoms with Crippen molar-refractivity contribution in [2.75, 3.05) is 0 Å². The summed E-state index contributed by atoms with van der Waals surface area (Å²) < 4.78 is 1.95. The second kappa shape index (κ2) is 5.06. The van der Waals surface area contributed by atoms with Gasteiger partial charge in [0.2, 0.25) is 0 Å². The van der Waals surface area contributed by atoms with Crippen molar-refractivity contribution in [2.24, 2.45) is 0 Å². The third kappa shape index (κ3) is 2.63. The van der Waals surface area contributed by atoms with Crippen molar-refractivity contribution in [1.29, 1.82) is 0 Å². The van der Waals surface area contributed by atoms with Crippen LogP contribution in [0.4, 0.5) is 0 Å². The normalized spacial score (nSPS) is 22.0. The van der Waals surface area contributed by atoms with E-state index in [0.29, 0.717) is 12.5 Å². The molecule has 1 aliphatic carbocycles. The molecule has 3 rings (SSSR count). The van der Waals surface area contributed by atoms with Crippen LogP contribution in [0.15, 0.2) is 36.5 Å². The molecule has 3 heteroatoms. The first-order valence-corrected chi connectivity index (χ1v) is 7.39. The van der Waals surface area contributed by atoms with Crippen molar-refractivity contribution < 1.29 is 5.11 Å². The average Bonchev–Trinajstić information content (AvgIpc) is 2.86. The number of aromatic nitrogens is 2. The van der Waals surface area contributed by atoms with E-state index in [0.717, 1.165) is 25.0 Å². The van der Waals surface area contributed by atoms with Gasteiger partial charge in [-0.05, 0) is 43.9 Å². The molecule has 1 unspecified atom stereocenters. The summed E-state index contributed by atoms with van der Waals surface area (Å²) in [6.45, 7) is 4.23. The van der Waals surface area contributed by atoms with Gasteiger partial charge in [-0.3, -0.25) is 4.68 Å². The second-order valence-corrected chi connectivity index (χ2v) is 6.23. The summed E-state index contributed by atoms with van der Waals surface area (Å²) in [5.74, 6) is 0. The Morgan fingerprint density at radius 3 is 2.70 bits per heavy atom. The molecule has 106 valence electrons. The van der Waals surface area contributed by atoms with Crippen LogP contribution < -0.4 is 0 Å². The van der Waals surface area contributed by atoms with Gasteiger partial charge in [-0.25, -0.2) is 0 Å². The number of hydrogen-bond acceptors (Lipinski definition) is 2. The van der Waals surface area contributed by atoms with Crippen molar-refractivity contribution in [1.82, 2.24) is 9.78 Å². The Balaban J connectivity index is 1.77. The van der Waals surface area contributed by atoms with Gasteiger partial charge in [0.15, 0.2) is 0 Å². The maximum atomic E-state index is 10.9. The lowest BCUT2D eigenvalue weighted by molar-refractivity contribution is 0.0256. The molecular weight excluding hydrogens is 248 g/mol. The number of nitrogens with zero attached hydrogens (tertiary/aromatic N) is 2. The lowest BCUT2D eigenvalue weighted by Crippen LogP contribution is -2.38. The highest BCUT2D eigenvalue weighted by Gasteiger charge is 2.32. The zero-order chi connectivity index (χ0) is 14.2. The third-order valence-electron chi connectivity index (χ3n) is 4.20. The van der Waals surface area contributed by atoms with Crippen LogP contribution in [0.1, 0.15) is 43.1 Å². The molecule has 1 aliphatic rings. The van der Waals surface area contributed by atoms with E-state index in [1.54, 1.807) is 0 Å². The number of benzene rings is 1. The maximum Gasteiger partial charge on any atom is 0.0747 e. The highest BCUT2D eigenvalue weighted by atomic mass is 16.3. The zero-order valence-electron chi connectivity index (χ0n) is 12.2. The van der Waals surface area contributed by atoms with Crippen LogP contribution in [0.5, 0.6) is 0 Å². The Bertz CT molecular complexity index is 603. The lowest BCUT2D eigenvalue weighted by Gasteiger charge is -2.33. The molecule has 1 atom stereocenters. The quantitative estimate of drug-likeness (QED) is 0.931. The van der Waals surface area contributed by atoms with Crippen molar-refractivity contribution in [3.63, 3.8) is 0 Å². The minimum Gasteiger partial charge on any atom is -0.389 e. The van der Waals surface area contributed by atoms with Gasteiger partial charge in [0.1, 0.15) is 0 Å². The van der Waals surface area contributed by atoms with Crippen molar-refractivity contribution in [3.8, 4) is 0 Å². The van der Waals surface area contributed by atoms with Gasteiger partial charge in [0.05, 0.1) is 11.3 Å². The van der Waals surface area contributed by atoms with E-state index >= 15 is 0 Å². The molecule has 0 radical (unpaired) electrons. The fourth-order valence-electron chi connectivity index (χ4n) is 3.03. The minimum absolute atomic E-state index is 0.366. The third-order valence-corrected chi connectivity index (χ3v) is 4.20. The van der Waals surface area contributed by atoms with Gasteiger partial charge in [-0.15, -0.1) is 0 Å². The van der Waals surface area contributed by atoms with E-state index in [1.807, 2.05) is 16.9 Å². The number of rotatable bonds is 3. The molecule has 0 aliphatic heterocycles. The monoisotopic (exact) mass is 270 g/mol. The Morgan fingerprint density at radius 1 is 1.25 bits per heavy atom. The Hall–Kier alpha value is -1.61. The fourth-order valence-corrected chi connectivity index (χ4v) is 3.03. The summed E-state index contributed by atoms with van der Waals surface area (Å²) in [7, 11) is 0. The van der Waals surface area contributed by atoms with Crippen LogP contribution in [0.2, 0.25) is 0 Å². The summed E-state index contributed by atoms with van der Waals surface area (Å²) in [6.07, 6.45) is 5.15. The molecule has 1 heterocycles. The van der Waals surface area contributed by atoms with Gasteiger partial charge < -0.3 is 5.11 Å². The zero-order valence-corrected chi connectivity index (χ0v) is 12.2. The summed E-state index contributed by atoms with van der Waals surface area (Å²) in [6, 6.07) is 10.8. The standard InChI is InChI=1S/C17H22N2O/c1-13(2)19-10-8-16(18-19)12-17(20)9-7-14-5-3-4-6-15(14)11-17/h3-6,8,10,13,20H,7,9,11-12H2,1-2H3. The molecule has 0 amide bonds. The smallest absolute Gasteiger partial charge is 0.0747 e. The molecule has 0 fully saturated rings. The first-order valence-electron chi connectivity index (χ1n) is 7.39. The molecule has 0 saturated heterocycles. The molecule has 0 bridgehead atoms. The molecule has 2 aromatic rings. The molecule has 1 N–H and O–H groups in total. The summed E-state index contributed by atoms with van der Waals surface area (Å²) >= 11 is 0. The van der Waals surface area contributed by atoms with E-state index in [4.69, 9.17) is 0 Å². The van der Waals surface area contributed by atoms with E-state index in [9.17, 15) is 5.11 Å². The second-order valence-electron chi connectivity index (χ2n) is 6.23. The molecular formula is C17H22N2O. The van der Waals surface area contributed by atoms with Crippen molar-refractivity contribution in [3.05, 3.63) is 53.3 Å². The molecule has 20 heavy (non-hydrogen) atoms. The van der Waals surface area contributed by atoms with Crippen LogP contribution in [0.25, 0.3) is 0 Å². The van der Waals surface area contributed by atoms with Crippen molar-refractivity contribution in [2.45, 2.75) is 51.2 Å². The van der Waals surface area contributed by atoms with Gasteiger partial charge in [0, 0.05) is 25.1 Å². The summed E-state index contributed by atoms with van der Waals surface area (Å²) in [4.78, 5) is 0. The highest BCUT2D eigenvalue weighted by Crippen LogP contribution is 2.31. The molecule has 0 spiro atoms. The Kier molecular flexibility index (Phi) is 3.38. The van der Waals surface area contributed by atoms with Crippen LogP contribution in [0.3, 0.4) is 0 Å². The van der Waals surface area contributed by atoms with Gasteiger partial charge in [-0.2, -0.15) is 5.10 Å². The minimum atomic E-state index is -0.648. The van der Waals surface area contributed by atoms with Gasteiger partial charge >= 0.3 is 0 Å². The predicted octanol–water partition coefficient (Wildman–Crippen LogP) is 2.93. The topological polar surface area (TPSA) is 38.0 Å². The molecule has 1 aromatic heterocycles. The summed E-state index contributed by atoms with van der Waals surface area (Å²) in [5.41, 5.74) is 3.00. The van der Waals surface area contributed by atoms with Gasteiger partial charge in [0.25, 0.3) is 0 Å². The number of aliphatic hydroxyl groups is 1. The summed E-state index contributed by atoms with van der Waals surface area (Å²) in [5, 5.41) is 15.4. The molecule has 3 nitrogen and oxygen atoms in total. The number of hydrogen-bond donors (Lipinski definition) is 1. The van der Waals surface area contributed by atoms with E-state index in [-0.39, 0.29) is 0 Å². The van der Waals surface area contributed by atoms with Crippen LogP contribution in [-0.2, 0) is 19.3 Å². The van der Waals surface area contributed by atoms with Gasteiger partial charge in [-0.1, -0.05) is 24.3 Å².